The van der Waals surface area contributed by atoms with Gasteiger partial charge in [-0.15, -0.1) is 0 Å². The predicted molar refractivity (Wildman–Crippen MR) is 92.7 cm³/mol. The number of hydrogen-bond donors (Lipinski definition) is 1. The largest absolute Gasteiger partial charge is 0.399 e. The summed E-state index contributed by atoms with van der Waals surface area (Å²) < 4.78 is 0. The van der Waals surface area contributed by atoms with Gasteiger partial charge in [-0.25, -0.2) is 0 Å². The van der Waals surface area contributed by atoms with E-state index in [0.29, 0.717) is 22.1 Å². The van der Waals surface area contributed by atoms with E-state index in [2.05, 4.69) is 17.4 Å². The lowest BCUT2D eigenvalue weighted by Crippen LogP contribution is -2.38. The normalized spacial score (nSPS) is 24.8. The number of halogens is 2. The molecule has 0 radical (unpaired) electrons. The molecule has 22 heavy (non-hydrogen) atoms. The van der Waals surface area contributed by atoms with Gasteiger partial charge in [-0.2, -0.15) is 0 Å². The van der Waals surface area contributed by atoms with E-state index < -0.39 is 0 Å². The first-order chi connectivity index (χ1) is 10.6. The van der Waals surface area contributed by atoms with Gasteiger partial charge in [0.15, 0.2) is 0 Å². The van der Waals surface area contributed by atoms with Crippen LogP contribution in [0.2, 0.25) is 10.0 Å². The summed E-state index contributed by atoms with van der Waals surface area (Å²) in [5, 5.41) is 9.13. The Morgan fingerprint density at radius 3 is 2.82 bits per heavy atom. The second kappa shape index (κ2) is 6.61. The maximum atomic E-state index is 6.22. The van der Waals surface area contributed by atoms with Crippen LogP contribution in [0.15, 0.2) is 28.9 Å². The molecule has 0 saturated carbocycles. The molecule has 1 fully saturated rings. The van der Waals surface area contributed by atoms with Crippen molar-refractivity contribution in [3.63, 3.8) is 0 Å². The topological polar surface area (TPSA) is 33.6 Å². The van der Waals surface area contributed by atoms with Crippen molar-refractivity contribution >= 4 is 34.5 Å². The number of benzene rings is 1. The van der Waals surface area contributed by atoms with Crippen LogP contribution >= 0.6 is 23.2 Å². The summed E-state index contributed by atoms with van der Waals surface area (Å²) in [5.41, 5.74) is 4.75. The zero-order valence-corrected chi connectivity index (χ0v) is 14.3. The molecule has 3 nitrogen and oxygen atoms in total. The third-order valence-corrected chi connectivity index (χ3v) is 5.22. The number of rotatable bonds is 4. The van der Waals surface area contributed by atoms with Gasteiger partial charge >= 0.3 is 0 Å². The summed E-state index contributed by atoms with van der Waals surface area (Å²) in [6, 6.07) is 6.78. The van der Waals surface area contributed by atoms with Gasteiger partial charge in [0, 0.05) is 12.1 Å². The maximum Gasteiger partial charge on any atom is 0.106 e. The van der Waals surface area contributed by atoms with Gasteiger partial charge in [0.2, 0.25) is 0 Å². The molecule has 118 valence electrons. The number of fused-ring (bicyclic) bond motifs is 2. The lowest BCUT2D eigenvalue weighted by atomic mass is 9.86. The van der Waals surface area contributed by atoms with E-state index in [1.165, 1.54) is 17.6 Å². The van der Waals surface area contributed by atoms with Crippen LogP contribution in [0.4, 0.5) is 0 Å². The van der Waals surface area contributed by atoms with Crippen molar-refractivity contribution in [2.24, 2.45) is 5.16 Å². The van der Waals surface area contributed by atoms with Crippen molar-refractivity contribution in [1.82, 2.24) is 5.32 Å². The van der Waals surface area contributed by atoms with Crippen LogP contribution in [0.25, 0.3) is 5.57 Å². The van der Waals surface area contributed by atoms with Crippen LogP contribution in [0, 0.1) is 0 Å². The highest BCUT2D eigenvalue weighted by Gasteiger charge is 2.36. The zero-order valence-electron chi connectivity index (χ0n) is 12.8. The van der Waals surface area contributed by atoms with Crippen molar-refractivity contribution in [2.45, 2.75) is 44.7 Å². The SMILES string of the molecule is CCC(=NOC)C1=C(c2ccc(Cl)c(Cl)c2)CC2CCC1N2. The zero-order chi connectivity index (χ0) is 15.7. The van der Waals surface area contributed by atoms with E-state index in [9.17, 15) is 0 Å². The lowest BCUT2D eigenvalue weighted by molar-refractivity contribution is 0.212. The Kier molecular flexibility index (Phi) is 4.76. The minimum atomic E-state index is 0.358. The van der Waals surface area contributed by atoms with Crippen LogP contribution in [-0.4, -0.2) is 24.9 Å². The lowest BCUT2D eigenvalue weighted by Gasteiger charge is -2.29. The Labute approximate surface area is 141 Å². The van der Waals surface area contributed by atoms with E-state index in [4.69, 9.17) is 28.0 Å². The predicted octanol–water partition coefficient (Wildman–Crippen LogP) is 4.68. The first kappa shape index (κ1) is 15.9. The van der Waals surface area contributed by atoms with Crippen LogP contribution in [0.3, 0.4) is 0 Å². The van der Waals surface area contributed by atoms with Gasteiger partial charge in [0.25, 0.3) is 0 Å². The summed E-state index contributed by atoms with van der Waals surface area (Å²) in [4.78, 5) is 5.06. The van der Waals surface area contributed by atoms with Gasteiger partial charge in [-0.3, -0.25) is 0 Å². The fourth-order valence-corrected chi connectivity index (χ4v) is 3.82. The Hall–Kier alpha value is -1.03. The van der Waals surface area contributed by atoms with Crippen molar-refractivity contribution in [3.05, 3.63) is 39.4 Å². The van der Waals surface area contributed by atoms with Crippen LogP contribution in [-0.2, 0) is 4.84 Å². The number of oxime groups is 1. The molecule has 0 amide bonds. The molecule has 0 aliphatic carbocycles. The van der Waals surface area contributed by atoms with Crippen molar-refractivity contribution < 1.29 is 4.84 Å². The van der Waals surface area contributed by atoms with Gasteiger partial charge < -0.3 is 10.2 Å². The van der Waals surface area contributed by atoms with E-state index >= 15 is 0 Å². The number of nitrogens with one attached hydrogen (secondary N) is 1. The van der Waals surface area contributed by atoms with E-state index in [0.717, 1.165) is 30.5 Å². The highest BCUT2D eigenvalue weighted by molar-refractivity contribution is 6.42. The highest BCUT2D eigenvalue weighted by Crippen LogP contribution is 2.39. The molecule has 2 unspecified atom stereocenters. The molecule has 2 bridgehead atoms. The molecule has 1 aromatic carbocycles. The highest BCUT2D eigenvalue weighted by atomic mass is 35.5. The quantitative estimate of drug-likeness (QED) is 0.638. The average Bonchev–Trinajstić information content (AvgIpc) is 2.90. The minimum absolute atomic E-state index is 0.358. The second-order valence-electron chi connectivity index (χ2n) is 5.79. The van der Waals surface area contributed by atoms with Gasteiger partial charge in [0.05, 0.1) is 15.8 Å². The Morgan fingerprint density at radius 1 is 1.32 bits per heavy atom. The smallest absolute Gasteiger partial charge is 0.106 e. The Balaban J connectivity index is 2.13. The van der Waals surface area contributed by atoms with Crippen LogP contribution in [0.5, 0.6) is 0 Å². The molecule has 0 aromatic heterocycles. The third kappa shape index (κ3) is 2.90. The van der Waals surface area contributed by atoms with Gasteiger partial charge in [-0.1, -0.05) is 41.3 Å². The molecule has 0 spiro atoms. The first-order valence-corrected chi connectivity index (χ1v) is 8.44. The molecule has 1 saturated heterocycles. The van der Waals surface area contributed by atoms with Crippen LogP contribution < -0.4 is 5.32 Å². The molecule has 2 heterocycles. The molecule has 3 rings (SSSR count). The molecule has 2 aliphatic heterocycles. The second-order valence-corrected chi connectivity index (χ2v) is 6.61. The fourth-order valence-electron chi connectivity index (χ4n) is 3.52. The number of hydrogen-bond acceptors (Lipinski definition) is 3. The van der Waals surface area contributed by atoms with Crippen molar-refractivity contribution in [1.29, 1.82) is 0 Å². The van der Waals surface area contributed by atoms with Crippen LogP contribution in [0.1, 0.15) is 38.2 Å². The number of nitrogens with zero attached hydrogens (tertiary/aromatic N) is 1. The van der Waals surface area contributed by atoms with E-state index in [-0.39, 0.29) is 0 Å². The van der Waals surface area contributed by atoms with Crippen molar-refractivity contribution in [3.8, 4) is 0 Å². The van der Waals surface area contributed by atoms with E-state index in [1.807, 2.05) is 18.2 Å². The molecule has 5 heteroatoms. The maximum absolute atomic E-state index is 6.22. The monoisotopic (exact) mass is 338 g/mol. The molecule has 2 aliphatic rings. The average molecular weight is 339 g/mol. The van der Waals surface area contributed by atoms with E-state index in [1.54, 1.807) is 7.11 Å². The minimum Gasteiger partial charge on any atom is -0.399 e. The third-order valence-electron chi connectivity index (χ3n) is 4.48. The molecular formula is C17H20Cl2N2O. The summed E-state index contributed by atoms with van der Waals surface area (Å²) in [5.74, 6) is 0. The molecule has 2 atom stereocenters. The van der Waals surface area contributed by atoms with Gasteiger partial charge in [-0.05, 0) is 54.5 Å². The molecule has 1 aromatic rings. The Morgan fingerprint density at radius 2 is 2.14 bits per heavy atom. The molecule has 1 N–H and O–H groups in total. The standard InChI is InChI=1S/C17H20Cl2N2O/c1-3-15(21-22-2)17-12(9-11-5-7-16(17)20-11)10-4-6-13(18)14(19)8-10/h4,6,8,11,16,20H,3,5,7,9H2,1-2H3. The summed E-state index contributed by atoms with van der Waals surface area (Å²) in [6.07, 6.45) is 4.18. The summed E-state index contributed by atoms with van der Waals surface area (Å²) in [7, 11) is 1.60. The fraction of sp³-hybridized carbons (Fsp3) is 0.471. The summed E-state index contributed by atoms with van der Waals surface area (Å²) in [6.45, 7) is 2.11. The van der Waals surface area contributed by atoms with Gasteiger partial charge in [0.1, 0.15) is 7.11 Å². The summed E-state index contributed by atoms with van der Waals surface area (Å²) >= 11 is 12.3. The Bertz CT molecular complexity index is 640. The molecular weight excluding hydrogens is 319 g/mol. The van der Waals surface area contributed by atoms with Crippen molar-refractivity contribution in [2.75, 3.05) is 7.11 Å². The first-order valence-electron chi connectivity index (χ1n) is 7.69.